The van der Waals surface area contributed by atoms with Gasteiger partial charge < -0.3 is 5.11 Å². The second kappa shape index (κ2) is 5.91. The molecule has 1 unspecified atom stereocenters. The maximum Gasteiger partial charge on any atom is 0.304 e. The summed E-state index contributed by atoms with van der Waals surface area (Å²) in [4.78, 5) is 11.0. The molecule has 1 saturated heterocycles. The summed E-state index contributed by atoms with van der Waals surface area (Å²) in [5, 5.41) is 19.4. The summed E-state index contributed by atoms with van der Waals surface area (Å²) in [6.07, 6.45) is 1.86. The predicted octanol–water partition coefficient (Wildman–Crippen LogP) is 1.64. The third kappa shape index (κ3) is 2.85. The average Bonchev–Trinajstić information content (AvgIpc) is 2.87. The van der Waals surface area contributed by atoms with Gasteiger partial charge in [-0.05, 0) is 24.3 Å². The van der Waals surface area contributed by atoms with E-state index in [1.54, 1.807) is 5.38 Å². The molecular formula is C12H14N2O4S2. The molecule has 108 valence electrons. The smallest absolute Gasteiger partial charge is 0.304 e. The molecule has 1 aliphatic rings. The zero-order chi connectivity index (χ0) is 14.8. The standard InChI is InChI=1S/C12H14N2O4S2/c13-8-10-11(4-6-19-10)20(17,18)14-5-2-1-3-9(14)7-12(15)16/h4,6,9H,1-3,5,7H2,(H,15,16). The van der Waals surface area contributed by atoms with Crippen molar-refractivity contribution in [3.8, 4) is 6.07 Å². The van der Waals surface area contributed by atoms with E-state index in [2.05, 4.69) is 0 Å². The largest absolute Gasteiger partial charge is 0.481 e. The molecule has 2 heterocycles. The highest BCUT2D eigenvalue weighted by Crippen LogP contribution is 2.30. The van der Waals surface area contributed by atoms with E-state index in [0.29, 0.717) is 19.4 Å². The Kier molecular flexibility index (Phi) is 4.42. The fraction of sp³-hybridized carbons (Fsp3) is 0.500. The molecule has 8 heteroatoms. The number of sulfonamides is 1. The number of hydrogen-bond acceptors (Lipinski definition) is 5. The summed E-state index contributed by atoms with van der Waals surface area (Å²) in [7, 11) is -3.80. The lowest BCUT2D eigenvalue weighted by Crippen LogP contribution is -2.44. The van der Waals surface area contributed by atoms with Gasteiger partial charge in [-0.25, -0.2) is 8.42 Å². The van der Waals surface area contributed by atoms with Crippen LogP contribution in [0.4, 0.5) is 0 Å². The van der Waals surface area contributed by atoms with Crippen molar-refractivity contribution >= 4 is 27.3 Å². The van der Waals surface area contributed by atoms with Crippen LogP contribution in [0.1, 0.15) is 30.6 Å². The second-order valence-electron chi connectivity index (χ2n) is 4.59. The minimum absolute atomic E-state index is 0.0118. The SMILES string of the molecule is N#Cc1sccc1S(=O)(=O)N1CCCCC1CC(=O)O. The van der Waals surface area contributed by atoms with Crippen LogP contribution < -0.4 is 0 Å². The number of nitrogens with zero attached hydrogens (tertiary/aromatic N) is 2. The van der Waals surface area contributed by atoms with Gasteiger partial charge in [0.15, 0.2) is 0 Å². The maximum atomic E-state index is 12.6. The number of piperidine rings is 1. The lowest BCUT2D eigenvalue weighted by molar-refractivity contribution is -0.138. The Balaban J connectivity index is 2.36. The average molecular weight is 314 g/mol. The molecular weight excluding hydrogens is 300 g/mol. The van der Waals surface area contributed by atoms with Gasteiger partial charge in [-0.2, -0.15) is 9.57 Å². The van der Waals surface area contributed by atoms with Gasteiger partial charge in [-0.3, -0.25) is 4.79 Å². The van der Waals surface area contributed by atoms with E-state index < -0.39 is 22.0 Å². The van der Waals surface area contributed by atoms with E-state index in [4.69, 9.17) is 10.4 Å². The van der Waals surface area contributed by atoms with Crippen molar-refractivity contribution in [3.05, 3.63) is 16.3 Å². The first-order valence-corrected chi connectivity index (χ1v) is 8.50. The number of nitriles is 1. The number of aliphatic carboxylic acids is 1. The van der Waals surface area contributed by atoms with Crippen molar-refractivity contribution < 1.29 is 18.3 Å². The molecule has 1 aromatic rings. The van der Waals surface area contributed by atoms with Crippen LogP contribution in [0, 0.1) is 11.3 Å². The summed E-state index contributed by atoms with van der Waals surface area (Å²) in [6, 6.07) is 2.75. The molecule has 0 aliphatic carbocycles. The zero-order valence-corrected chi connectivity index (χ0v) is 12.3. The van der Waals surface area contributed by atoms with E-state index >= 15 is 0 Å². The zero-order valence-electron chi connectivity index (χ0n) is 10.7. The first-order valence-electron chi connectivity index (χ1n) is 6.18. The minimum atomic E-state index is -3.80. The number of thiophene rings is 1. The van der Waals surface area contributed by atoms with Crippen LogP contribution in [0.25, 0.3) is 0 Å². The van der Waals surface area contributed by atoms with Crippen LogP contribution in [0.5, 0.6) is 0 Å². The monoisotopic (exact) mass is 314 g/mol. The molecule has 1 atom stereocenters. The van der Waals surface area contributed by atoms with Crippen LogP contribution in [0.15, 0.2) is 16.3 Å². The molecule has 0 radical (unpaired) electrons. The highest BCUT2D eigenvalue weighted by Gasteiger charge is 2.36. The molecule has 20 heavy (non-hydrogen) atoms. The molecule has 0 saturated carbocycles. The Bertz CT molecular complexity index is 645. The molecule has 1 aliphatic heterocycles. The van der Waals surface area contributed by atoms with Crippen LogP contribution in [-0.4, -0.2) is 36.4 Å². The molecule has 1 fully saturated rings. The molecule has 6 nitrogen and oxygen atoms in total. The lowest BCUT2D eigenvalue weighted by Gasteiger charge is -2.33. The summed E-state index contributed by atoms with van der Waals surface area (Å²) in [6.45, 7) is 0.307. The third-order valence-electron chi connectivity index (χ3n) is 3.30. The van der Waals surface area contributed by atoms with Gasteiger partial charge in [0.1, 0.15) is 15.8 Å². The van der Waals surface area contributed by atoms with Gasteiger partial charge in [0.2, 0.25) is 10.0 Å². The number of rotatable bonds is 4. The van der Waals surface area contributed by atoms with Crippen LogP contribution in [0.2, 0.25) is 0 Å². The molecule has 1 N–H and O–H groups in total. The van der Waals surface area contributed by atoms with E-state index in [1.807, 2.05) is 6.07 Å². The van der Waals surface area contributed by atoms with Gasteiger partial charge in [-0.1, -0.05) is 6.42 Å². The van der Waals surface area contributed by atoms with Crippen LogP contribution in [-0.2, 0) is 14.8 Å². The summed E-state index contributed by atoms with van der Waals surface area (Å²) < 4.78 is 26.5. The Morgan fingerprint density at radius 1 is 1.55 bits per heavy atom. The maximum absolute atomic E-state index is 12.6. The Labute approximate surface area is 121 Å². The first kappa shape index (κ1) is 15.0. The number of carboxylic acids is 1. The normalized spacial score (nSPS) is 20.4. The predicted molar refractivity (Wildman–Crippen MR) is 72.8 cm³/mol. The number of carboxylic acid groups (broad SMARTS) is 1. The van der Waals surface area contributed by atoms with Gasteiger partial charge in [0, 0.05) is 12.6 Å². The van der Waals surface area contributed by atoms with Crippen molar-refractivity contribution in [3.63, 3.8) is 0 Å². The topological polar surface area (TPSA) is 98.5 Å². The van der Waals surface area contributed by atoms with Crippen molar-refractivity contribution in [1.29, 1.82) is 5.26 Å². The highest BCUT2D eigenvalue weighted by atomic mass is 32.2. The minimum Gasteiger partial charge on any atom is -0.481 e. The van der Waals surface area contributed by atoms with Crippen molar-refractivity contribution in [1.82, 2.24) is 4.31 Å². The number of carbonyl (C=O) groups is 1. The lowest BCUT2D eigenvalue weighted by atomic mass is 10.0. The van der Waals surface area contributed by atoms with E-state index in [9.17, 15) is 13.2 Å². The van der Waals surface area contributed by atoms with Crippen molar-refractivity contribution in [2.24, 2.45) is 0 Å². The Hall–Kier alpha value is -1.43. The summed E-state index contributed by atoms with van der Waals surface area (Å²) in [5.74, 6) is -1.01. The molecule has 1 aromatic heterocycles. The van der Waals surface area contributed by atoms with Gasteiger partial charge in [0.05, 0.1) is 6.42 Å². The summed E-state index contributed by atoms with van der Waals surface area (Å²) >= 11 is 1.07. The Morgan fingerprint density at radius 3 is 2.95 bits per heavy atom. The molecule has 0 aromatic carbocycles. The van der Waals surface area contributed by atoms with Crippen LogP contribution >= 0.6 is 11.3 Å². The van der Waals surface area contributed by atoms with E-state index in [0.717, 1.165) is 17.8 Å². The van der Waals surface area contributed by atoms with E-state index in [1.165, 1.54) is 10.4 Å². The fourth-order valence-corrected chi connectivity index (χ4v) is 5.24. The highest BCUT2D eigenvalue weighted by molar-refractivity contribution is 7.89. The van der Waals surface area contributed by atoms with Crippen molar-refractivity contribution in [2.75, 3.05) is 6.54 Å². The molecule has 0 amide bonds. The third-order valence-corrected chi connectivity index (χ3v) is 6.24. The molecule has 0 spiro atoms. The summed E-state index contributed by atoms with van der Waals surface area (Å²) in [5.41, 5.74) is 0. The second-order valence-corrected chi connectivity index (χ2v) is 7.36. The van der Waals surface area contributed by atoms with Crippen LogP contribution in [0.3, 0.4) is 0 Å². The first-order chi connectivity index (χ1) is 9.46. The van der Waals surface area contributed by atoms with Gasteiger partial charge in [-0.15, -0.1) is 11.3 Å². The van der Waals surface area contributed by atoms with Gasteiger partial charge in [0.25, 0.3) is 0 Å². The van der Waals surface area contributed by atoms with Crippen molar-refractivity contribution in [2.45, 2.75) is 36.6 Å². The van der Waals surface area contributed by atoms with E-state index in [-0.39, 0.29) is 16.2 Å². The fourth-order valence-electron chi connectivity index (χ4n) is 2.40. The molecule has 0 bridgehead atoms. The number of hydrogen-bond donors (Lipinski definition) is 1. The quantitative estimate of drug-likeness (QED) is 0.911. The molecule has 2 rings (SSSR count). The van der Waals surface area contributed by atoms with Gasteiger partial charge >= 0.3 is 5.97 Å². The Morgan fingerprint density at radius 2 is 2.30 bits per heavy atom.